The molecule has 1 aliphatic heterocycles. The lowest BCUT2D eigenvalue weighted by Gasteiger charge is -2.38. The van der Waals surface area contributed by atoms with Crippen molar-refractivity contribution in [3.8, 4) is 0 Å². The standard InChI is InChI=1S/C29H32O2Si/c1-24(2)18-19-27-20-26(22-30-21-25-12-6-3-7-13-25)23-32(31-27,28-14-8-4-9-15-28)29-16-10-5-11-17-29/h3-19,23-24,27H,20-22H2,1-2H3/b19-18-/t27-/m1/s1. The van der Waals surface area contributed by atoms with Gasteiger partial charge in [0.1, 0.15) is 0 Å². The lowest BCUT2D eigenvalue weighted by Crippen LogP contribution is -2.62. The Bertz CT molecular complexity index is 987. The molecule has 3 aromatic carbocycles. The lowest BCUT2D eigenvalue weighted by molar-refractivity contribution is 0.133. The second-order valence-electron chi connectivity index (χ2n) is 8.74. The molecule has 32 heavy (non-hydrogen) atoms. The Labute approximate surface area is 193 Å². The third-order valence-corrected chi connectivity index (χ3v) is 9.59. The first-order valence-electron chi connectivity index (χ1n) is 11.5. The van der Waals surface area contributed by atoms with Crippen LogP contribution < -0.4 is 10.4 Å². The van der Waals surface area contributed by atoms with Gasteiger partial charge in [-0.1, -0.05) is 123 Å². The topological polar surface area (TPSA) is 18.5 Å². The minimum absolute atomic E-state index is 0.0461. The molecule has 0 N–H and O–H groups in total. The van der Waals surface area contributed by atoms with Gasteiger partial charge in [-0.2, -0.15) is 0 Å². The van der Waals surface area contributed by atoms with Gasteiger partial charge in [0.25, 0.3) is 8.32 Å². The molecule has 1 heterocycles. The quantitative estimate of drug-likeness (QED) is 0.343. The number of ether oxygens (including phenoxy) is 1. The van der Waals surface area contributed by atoms with Crippen LogP contribution in [0.1, 0.15) is 25.8 Å². The molecule has 0 saturated heterocycles. The van der Waals surface area contributed by atoms with Crippen molar-refractivity contribution in [2.45, 2.75) is 33.0 Å². The molecule has 164 valence electrons. The van der Waals surface area contributed by atoms with Gasteiger partial charge in [0.15, 0.2) is 0 Å². The molecule has 0 bridgehead atoms. The number of hydrogen-bond acceptors (Lipinski definition) is 2. The molecule has 0 aliphatic carbocycles. The number of benzene rings is 3. The predicted octanol–water partition coefficient (Wildman–Crippen LogP) is 5.43. The third kappa shape index (κ3) is 5.55. The van der Waals surface area contributed by atoms with Crippen LogP contribution in [0.3, 0.4) is 0 Å². The SMILES string of the molecule is CC(C)/C=C\[C@@H]1CC(COCc2ccccc2)=C[Si](c2ccccc2)(c2ccccc2)O1. The van der Waals surface area contributed by atoms with Gasteiger partial charge in [-0.05, 0) is 33.8 Å². The van der Waals surface area contributed by atoms with Gasteiger partial charge in [0.05, 0.1) is 19.3 Å². The Hall–Kier alpha value is -2.72. The van der Waals surface area contributed by atoms with Crippen molar-refractivity contribution in [1.82, 2.24) is 0 Å². The van der Waals surface area contributed by atoms with E-state index in [-0.39, 0.29) is 6.10 Å². The lowest BCUT2D eigenvalue weighted by atomic mass is 10.1. The van der Waals surface area contributed by atoms with Crippen LogP contribution in [0.15, 0.2) is 114 Å². The van der Waals surface area contributed by atoms with Gasteiger partial charge < -0.3 is 9.16 Å². The second-order valence-corrected chi connectivity index (χ2v) is 11.9. The molecule has 0 fully saturated rings. The summed E-state index contributed by atoms with van der Waals surface area (Å²) in [6, 6.07) is 31.8. The first-order valence-corrected chi connectivity index (χ1v) is 13.4. The maximum atomic E-state index is 7.01. The molecule has 2 nitrogen and oxygen atoms in total. The van der Waals surface area contributed by atoms with E-state index in [1.54, 1.807) is 0 Å². The van der Waals surface area contributed by atoms with E-state index in [4.69, 9.17) is 9.16 Å². The van der Waals surface area contributed by atoms with Crippen LogP contribution in [-0.2, 0) is 15.8 Å². The summed E-state index contributed by atoms with van der Waals surface area (Å²) in [6.07, 6.45) is 5.42. The molecule has 3 heteroatoms. The van der Waals surface area contributed by atoms with E-state index in [9.17, 15) is 0 Å². The van der Waals surface area contributed by atoms with Crippen LogP contribution in [0.2, 0.25) is 0 Å². The Morgan fingerprint density at radius 1 is 0.844 bits per heavy atom. The molecule has 1 aliphatic rings. The van der Waals surface area contributed by atoms with E-state index in [0.29, 0.717) is 19.1 Å². The van der Waals surface area contributed by atoms with Crippen LogP contribution in [0.5, 0.6) is 0 Å². The largest absolute Gasteiger partial charge is 0.398 e. The highest BCUT2D eigenvalue weighted by atomic mass is 28.4. The summed E-state index contributed by atoms with van der Waals surface area (Å²) in [7, 11) is -2.56. The Morgan fingerprint density at radius 2 is 1.41 bits per heavy atom. The predicted molar refractivity (Wildman–Crippen MR) is 136 cm³/mol. The van der Waals surface area contributed by atoms with E-state index >= 15 is 0 Å². The monoisotopic (exact) mass is 440 g/mol. The van der Waals surface area contributed by atoms with E-state index in [1.807, 2.05) is 6.07 Å². The summed E-state index contributed by atoms with van der Waals surface area (Å²) in [6.45, 7) is 5.66. The molecular weight excluding hydrogens is 408 g/mol. The summed E-state index contributed by atoms with van der Waals surface area (Å²) in [5.74, 6) is 0.492. The summed E-state index contributed by atoms with van der Waals surface area (Å²) in [5.41, 5.74) is 4.94. The molecule has 4 rings (SSSR count). The van der Waals surface area contributed by atoms with Crippen molar-refractivity contribution in [3.05, 3.63) is 120 Å². The normalized spacial score (nSPS) is 18.1. The van der Waals surface area contributed by atoms with Crippen molar-refractivity contribution < 1.29 is 9.16 Å². The number of hydrogen-bond donors (Lipinski definition) is 0. The van der Waals surface area contributed by atoms with Crippen LogP contribution in [0.25, 0.3) is 0 Å². The smallest absolute Gasteiger partial charge is 0.281 e. The maximum Gasteiger partial charge on any atom is 0.281 e. The van der Waals surface area contributed by atoms with Gasteiger partial charge in [-0.25, -0.2) is 0 Å². The van der Waals surface area contributed by atoms with Crippen molar-refractivity contribution in [1.29, 1.82) is 0 Å². The number of allylic oxidation sites excluding steroid dienone is 1. The van der Waals surface area contributed by atoms with Gasteiger partial charge >= 0.3 is 0 Å². The fraction of sp³-hybridized carbons (Fsp3) is 0.241. The zero-order valence-corrected chi connectivity index (χ0v) is 20.0. The number of rotatable bonds is 8. The van der Waals surface area contributed by atoms with Crippen LogP contribution in [-0.4, -0.2) is 21.0 Å². The minimum Gasteiger partial charge on any atom is -0.398 e. The second kappa shape index (κ2) is 10.7. The Kier molecular flexibility index (Phi) is 7.54. The highest BCUT2D eigenvalue weighted by Crippen LogP contribution is 2.26. The van der Waals surface area contributed by atoms with Crippen molar-refractivity contribution in [3.63, 3.8) is 0 Å². The zero-order chi connectivity index (χ0) is 22.2. The molecule has 0 spiro atoms. The molecule has 0 saturated carbocycles. The van der Waals surface area contributed by atoms with Gasteiger partial charge in [0, 0.05) is 0 Å². The molecule has 0 radical (unpaired) electrons. The van der Waals surface area contributed by atoms with Gasteiger partial charge in [-0.3, -0.25) is 0 Å². The molecule has 0 amide bonds. The minimum atomic E-state index is -2.56. The van der Waals surface area contributed by atoms with Crippen LogP contribution in [0, 0.1) is 5.92 Å². The first kappa shape index (κ1) is 22.5. The van der Waals surface area contributed by atoms with E-state index in [1.165, 1.54) is 21.5 Å². The molecule has 3 aromatic rings. The van der Waals surface area contributed by atoms with E-state index in [0.717, 1.165) is 6.42 Å². The van der Waals surface area contributed by atoms with Crippen molar-refractivity contribution >= 4 is 18.7 Å². The molecule has 0 aromatic heterocycles. The fourth-order valence-electron chi connectivity index (χ4n) is 4.19. The first-order chi connectivity index (χ1) is 15.7. The van der Waals surface area contributed by atoms with Gasteiger partial charge in [0.2, 0.25) is 0 Å². The maximum absolute atomic E-state index is 7.01. The highest BCUT2D eigenvalue weighted by Gasteiger charge is 2.42. The summed E-state index contributed by atoms with van der Waals surface area (Å²) in [5, 5.41) is 2.55. The Balaban J connectivity index is 1.69. The van der Waals surface area contributed by atoms with Gasteiger partial charge in [-0.15, -0.1) is 0 Å². The average Bonchev–Trinajstić information content (AvgIpc) is 2.84. The highest BCUT2D eigenvalue weighted by molar-refractivity contribution is 7.01. The molecular formula is C29H32O2Si. The Morgan fingerprint density at radius 3 is 1.97 bits per heavy atom. The molecule has 0 unspecified atom stereocenters. The molecule has 1 atom stereocenters. The van der Waals surface area contributed by atoms with Crippen molar-refractivity contribution in [2.24, 2.45) is 5.92 Å². The zero-order valence-electron chi connectivity index (χ0n) is 19.0. The third-order valence-electron chi connectivity index (χ3n) is 5.72. The van der Waals surface area contributed by atoms with Crippen LogP contribution in [0.4, 0.5) is 0 Å². The van der Waals surface area contributed by atoms with E-state index in [2.05, 4.69) is 117 Å². The summed E-state index contributed by atoms with van der Waals surface area (Å²) >= 11 is 0. The summed E-state index contributed by atoms with van der Waals surface area (Å²) < 4.78 is 13.2. The van der Waals surface area contributed by atoms with Crippen molar-refractivity contribution in [2.75, 3.05) is 6.61 Å². The average molecular weight is 441 g/mol. The van der Waals surface area contributed by atoms with Crippen LogP contribution >= 0.6 is 0 Å². The van der Waals surface area contributed by atoms with E-state index < -0.39 is 8.32 Å². The summed E-state index contributed by atoms with van der Waals surface area (Å²) in [4.78, 5) is 0. The fourth-order valence-corrected chi connectivity index (χ4v) is 7.99.